The van der Waals surface area contributed by atoms with Crippen LogP contribution in [0.1, 0.15) is 26.2 Å². The van der Waals surface area contributed by atoms with Crippen molar-refractivity contribution in [2.75, 3.05) is 0 Å². The molecule has 0 aromatic carbocycles. The first-order valence-electron chi connectivity index (χ1n) is 4.31. The van der Waals surface area contributed by atoms with Gasteiger partial charge in [-0.05, 0) is 32.1 Å². The summed E-state index contributed by atoms with van der Waals surface area (Å²) in [5.74, 6) is 2.51. The largest absolute Gasteiger partial charge is 0.303 e. The SMILES string of the molecule is CC=C1CC2C[C]1C(C=O)C2. The summed E-state index contributed by atoms with van der Waals surface area (Å²) in [5.41, 5.74) is 1.46. The molecule has 1 heteroatoms. The maximum Gasteiger partial charge on any atom is 0.123 e. The Morgan fingerprint density at radius 3 is 2.82 bits per heavy atom. The third-order valence-electron chi connectivity index (χ3n) is 2.98. The van der Waals surface area contributed by atoms with Gasteiger partial charge in [0.25, 0.3) is 0 Å². The van der Waals surface area contributed by atoms with Gasteiger partial charge >= 0.3 is 0 Å². The van der Waals surface area contributed by atoms with Gasteiger partial charge in [-0.25, -0.2) is 0 Å². The first kappa shape index (κ1) is 7.08. The highest BCUT2D eigenvalue weighted by Gasteiger charge is 2.42. The molecule has 0 spiro atoms. The van der Waals surface area contributed by atoms with Gasteiger partial charge < -0.3 is 4.79 Å². The van der Waals surface area contributed by atoms with Gasteiger partial charge in [0.2, 0.25) is 0 Å². The van der Waals surface area contributed by atoms with E-state index in [0.717, 1.165) is 18.6 Å². The van der Waals surface area contributed by atoms with E-state index in [1.54, 1.807) is 0 Å². The molecule has 0 saturated heterocycles. The molecule has 2 rings (SSSR count). The molecule has 2 bridgehead atoms. The highest BCUT2D eigenvalue weighted by molar-refractivity contribution is 5.63. The summed E-state index contributed by atoms with van der Waals surface area (Å²) in [7, 11) is 0. The first-order chi connectivity index (χ1) is 5.35. The predicted octanol–water partition coefficient (Wildman–Crippen LogP) is 2.14. The summed E-state index contributed by atoms with van der Waals surface area (Å²) in [4.78, 5) is 10.6. The summed E-state index contributed by atoms with van der Waals surface area (Å²) in [6.45, 7) is 2.07. The van der Waals surface area contributed by atoms with E-state index in [1.165, 1.54) is 24.3 Å². The molecular weight excluding hydrogens is 136 g/mol. The van der Waals surface area contributed by atoms with Crippen LogP contribution in [0.25, 0.3) is 0 Å². The zero-order chi connectivity index (χ0) is 7.84. The number of hydrogen-bond acceptors (Lipinski definition) is 1. The van der Waals surface area contributed by atoms with Gasteiger partial charge in [0, 0.05) is 11.8 Å². The van der Waals surface area contributed by atoms with Gasteiger partial charge in [0.05, 0.1) is 0 Å². The first-order valence-corrected chi connectivity index (χ1v) is 4.31. The highest BCUT2D eigenvalue weighted by Crippen LogP contribution is 2.52. The van der Waals surface area contributed by atoms with E-state index in [-0.39, 0.29) is 5.92 Å². The van der Waals surface area contributed by atoms with Gasteiger partial charge in [-0.15, -0.1) is 0 Å². The van der Waals surface area contributed by atoms with Crippen molar-refractivity contribution >= 4 is 6.29 Å². The van der Waals surface area contributed by atoms with Gasteiger partial charge in [-0.2, -0.15) is 0 Å². The molecule has 2 atom stereocenters. The van der Waals surface area contributed by atoms with Crippen molar-refractivity contribution in [3.63, 3.8) is 0 Å². The second-order valence-corrected chi connectivity index (χ2v) is 3.59. The maximum atomic E-state index is 10.6. The van der Waals surface area contributed by atoms with E-state index in [4.69, 9.17) is 0 Å². The zero-order valence-electron chi connectivity index (χ0n) is 6.84. The molecule has 2 fully saturated rings. The van der Waals surface area contributed by atoms with Gasteiger partial charge in [0.1, 0.15) is 6.29 Å². The van der Waals surface area contributed by atoms with Crippen molar-refractivity contribution in [2.45, 2.75) is 26.2 Å². The molecule has 1 nitrogen and oxygen atoms in total. The molecule has 2 saturated carbocycles. The number of carbonyl (C=O) groups is 1. The average Bonchev–Trinajstić information content (AvgIpc) is 2.60. The Morgan fingerprint density at radius 1 is 1.45 bits per heavy atom. The Kier molecular flexibility index (Phi) is 1.59. The fourth-order valence-electron chi connectivity index (χ4n) is 2.45. The fraction of sp³-hybridized carbons (Fsp3) is 0.600. The zero-order valence-corrected chi connectivity index (χ0v) is 6.84. The van der Waals surface area contributed by atoms with E-state index in [2.05, 4.69) is 13.0 Å². The lowest BCUT2D eigenvalue weighted by atomic mass is 9.86. The molecular formula is C10H13O. The van der Waals surface area contributed by atoms with Crippen LogP contribution in [0.15, 0.2) is 11.6 Å². The molecule has 59 valence electrons. The van der Waals surface area contributed by atoms with Crippen LogP contribution < -0.4 is 0 Å². The van der Waals surface area contributed by atoms with Crippen LogP contribution in [0, 0.1) is 17.8 Å². The number of allylic oxidation sites excluding steroid dienone is 2. The number of fused-ring (bicyclic) bond motifs is 2. The third kappa shape index (κ3) is 0.943. The van der Waals surface area contributed by atoms with Crippen LogP contribution >= 0.6 is 0 Å². The molecule has 0 amide bonds. The van der Waals surface area contributed by atoms with Crippen molar-refractivity contribution in [2.24, 2.45) is 11.8 Å². The fourth-order valence-corrected chi connectivity index (χ4v) is 2.45. The van der Waals surface area contributed by atoms with Gasteiger partial charge in [-0.3, -0.25) is 0 Å². The second kappa shape index (κ2) is 2.47. The van der Waals surface area contributed by atoms with Gasteiger partial charge in [0.15, 0.2) is 0 Å². The minimum absolute atomic E-state index is 0.278. The Bertz CT molecular complexity index is 205. The van der Waals surface area contributed by atoms with Crippen LogP contribution in [0.5, 0.6) is 0 Å². The van der Waals surface area contributed by atoms with Crippen molar-refractivity contribution in [3.05, 3.63) is 17.6 Å². The van der Waals surface area contributed by atoms with E-state index in [1.807, 2.05) is 0 Å². The Labute approximate surface area is 67.5 Å². The van der Waals surface area contributed by atoms with E-state index >= 15 is 0 Å². The monoisotopic (exact) mass is 149 g/mol. The van der Waals surface area contributed by atoms with Gasteiger partial charge in [-0.1, -0.05) is 11.6 Å². The molecule has 2 aliphatic rings. The summed E-state index contributed by atoms with van der Waals surface area (Å²) in [6, 6.07) is 0. The Morgan fingerprint density at radius 2 is 2.27 bits per heavy atom. The van der Waals surface area contributed by atoms with Crippen LogP contribution in [-0.2, 0) is 4.79 Å². The molecule has 2 unspecified atom stereocenters. The minimum atomic E-state index is 0.278. The van der Waals surface area contributed by atoms with Crippen LogP contribution in [0.3, 0.4) is 0 Å². The lowest BCUT2D eigenvalue weighted by Gasteiger charge is -2.18. The van der Waals surface area contributed by atoms with E-state index in [0.29, 0.717) is 0 Å². The molecule has 0 N–H and O–H groups in total. The molecule has 0 aliphatic heterocycles. The number of carbonyl (C=O) groups excluding carboxylic acids is 1. The Hall–Kier alpha value is -0.590. The molecule has 1 radical (unpaired) electrons. The summed E-state index contributed by atoms with van der Waals surface area (Å²) < 4.78 is 0. The smallest absolute Gasteiger partial charge is 0.123 e. The second-order valence-electron chi connectivity index (χ2n) is 3.59. The van der Waals surface area contributed by atoms with Crippen molar-refractivity contribution < 1.29 is 4.79 Å². The summed E-state index contributed by atoms with van der Waals surface area (Å²) in [5, 5.41) is 0. The van der Waals surface area contributed by atoms with Crippen LogP contribution in [0.2, 0.25) is 0 Å². The summed E-state index contributed by atoms with van der Waals surface area (Å²) in [6.07, 6.45) is 6.85. The third-order valence-corrected chi connectivity index (χ3v) is 2.98. The van der Waals surface area contributed by atoms with E-state index < -0.39 is 0 Å². The lowest BCUT2D eigenvalue weighted by Crippen LogP contribution is -2.11. The molecule has 11 heavy (non-hydrogen) atoms. The Balaban J connectivity index is 2.20. The minimum Gasteiger partial charge on any atom is -0.303 e. The van der Waals surface area contributed by atoms with Crippen molar-refractivity contribution in [1.82, 2.24) is 0 Å². The van der Waals surface area contributed by atoms with E-state index in [9.17, 15) is 4.79 Å². The molecule has 0 heterocycles. The number of aldehydes is 1. The highest BCUT2D eigenvalue weighted by atomic mass is 16.1. The lowest BCUT2D eigenvalue weighted by molar-refractivity contribution is -0.110. The van der Waals surface area contributed by atoms with Crippen LogP contribution in [-0.4, -0.2) is 6.29 Å². The maximum absolute atomic E-state index is 10.6. The van der Waals surface area contributed by atoms with Crippen molar-refractivity contribution in [1.29, 1.82) is 0 Å². The average molecular weight is 149 g/mol. The van der Waals surface area contributed by atoms with Crippen LogP contribution in [0.4, 0.5) is 0 Å². The predicted molar refractivity (Wildman–Crippen MR) is 43.9 cm³/mol. The normalized spacial score (nSPS) is 40.3. The van der Waals surface area contributed by atoms with Crippen molar-refractivity contribution in [3.8, 4) is 0 Å². The quantitative estimate of drug-likeness (QED) is 0.522. The standard InChI is InChI=1S/C10H13O/c1-2-8-3-7-4-9(6-11)10(8)5-7/h2,6-7,9H,3-5H2,1H3. The molecule has 2 aliphatic carbocycles. The summed E-state index contributed by atoms with van der Waals surface area (Å²) >= 11 is 0. The topological polar surface area (TPSA) is 17.1 Å². The number of rotatable bonds is 1. The number of hydrogen-bond donors (Lipinski definition) is 0. The molecule has 0 aromatic heterocycles. The molecule has 0 aromatic rings.